The van der Waals surface area contributed by atoms with E-state index >= 15 is 0 Å². The van der Waals surface area contributed by atoms with Crippen molar-refractivity contribution in [2.45, 2.75) is 69.6 Å². The average molecular weight is 493 g/mol. The number of aromatic nitrogens is 1. The highest BCUT2D eigenvalue weighted by atomic mass is 16.4. The highest BCUT2D eigenvalue weighted by Gasteiger charge is 2.48. The van der Waals surface area contributed by atoms with E-state index in [9.17, 15) is 19.2 Å². The van der Waals surface area contributed by atoms with Crippen molar-refractivity contribution < 1.29 is 24.3 Å². The van der Waals surface area contributed by atoms with Crippen LogP contribution >= 0.6 is 0 Å². The van der Waals surface area contributed by atoms with E-state index in [1.165, 1.54) is 0 Å². The van der Waals surface area contributed by atoms with Gasteiger partial charge in [-0.25, -0.2) is 0 Å². The van der Waals surface area contributed by atoms with Gasteiger partial charge in [-0.1, -0.05) is 43.7 Å². The van der Waals surface area contributed by atoms with Crippen LogP contribution in [0.3, 0.4) is 0 Å². The van der Waals surface area contributed by atoms with E-state index in [0.29, 0.717) is 24.1 Å². The van der Waals surface area contributed by atoms with Gasteiger partial charge in [0.25, 0.3) is 0 Å². The van der Waals surface area contributed by atoms with Crippen LogP contribution in [0.25, 0.3) is 16.5 Å². The summed E-state index contributed by atoms with van der Waals surface area (Å²) in [6.45, 7) is 5.86. The summed E-state index contributed by atoms with van der Waals surface area (Å²) in [5, 5.41) is 16.7. The normalized spacial score (nSPS) is 22.8. The van der Waals surface area contributed by atoms with Gasteiger partial charge in [-0.15, -0.1) is 0 Å². The van der Waals surface area contributed by atoms with Gasteiger partial charge in [0.1, 0.15) is 18.4 Å². The van der Waals surface area contributed by atoms with Crippen molar-refractivity contribution >= 4 is 40.5 Å². The third kappa shape index (κ3) is 5.24. The predicted molar refractivity (Wildman–Crippen MR) is 135 cm³/mol. The first kappa shape index (κ1) is 25.3. The number of rotatable bonds is 9. The second kappa shape index (κ2) is 10.9. The van der Waals surface area contributed by atoms with Crippen LogP contribution in [0.2, 0.25) is 0 Å². The summed E-state index contributed by atoms with van der Waals surface area (Å²) in [7, 11) is 0. The number of carboxylic acids is 1. The van der Waals surface area contributed by atoms with Gasteiger partial charge in [-0.05, 0) is 43.6 Å². The maximum atomic E-state index is 13.7. The Bertz CT molecular complexity index is 1180. The lowest BCUT2D eigenvalue weighted by molar-refractivity contribution is -0.143. The van der Waals surface area contributed by atoms with Crippen molar-refractivity contribution in [1.29, 1.82) is 0 Å². The van der Waals surface area contributed by atoms with E-state index in [2.05, 4.69) is 22.2 Å². The minimum absolute atomic E-state index is 0.0654. The van der Waals surface area contributed by atoms with Crippen LogP contribution in [-0.4, -0.2) is 63.2 Å². The van der Waals surface area contributed by atoms with E-state index < -0.39 is 36.4 Å². The van der Waals surface area contributed by atoms with Gasteiger partial charge in [-0.3, -0.25) is 19.4 Å². The molecule has 1 aromatic heterocycles. The van der Waals surface area contributed by atoms with Gasteiger partial charge < -0.3 is 25.4 Å². The fraction of sp³-hybridized carbons (Fsp3) is 0.444. The second-order valence-corrected chi connectivity index (χ2v) is 9.68. The van der Waals surface area contributed by atoms with Crippen LogP contribution in [0.1, 0.15) is 51.1 Å². The van der Waals surface area contributed by atoms with Gasteiger partial charge in [0.15, 0.2) is 0 Å². The number of nitrogens with zero attached hydrogens (tertiary/aromatic N) is 2. The predicted octanol–water partition coefficient (Wildman–Crippen LogP) is 2.50. The molecule has 0 bridgehead atoms. The zero-order valence-corrected chi connectivity index (χ0v) is 20.4. The number of likely N-dealkylation sites (tertiary alicyclic amines) is 1. The molecule has 2 aliphatic rings. The van der Waals surface area contributed by atoms with Gasteiger partial charge in [0.2, 0.25) is 11.8 Å². The number of aliphatic carboxylic acids is 1. The summed E-state index contributed by atoms with van der Waals surface area (Å²) in [4.78, 5) is 55.4. The molecule has 5 unspecified atom stereocenters. The summed E-state index contributed by atoms with van der Waals surface area (Å²) in [6.07, 6.45) is 5.88. The number of carboxylic acid groups (broad SMARTS) is 1. The fourth-order valence-electron chi connectivity index (χ4n) is 5.59. The number of fused-ring (bicyclic) bond motifs is 2. The van der Waals surface area contributed by atoms with Crippen LogP contribution < -0.4 is 10.6 Å². The van der Waals surface area contributed by atoms with Crippen molar-refractivity contribution in [1.82, 2.24) is 20.5 Å². The zero-order valence-electron chi connectivity index (χ0n) is 20.4. The van der Waals surface area contributed by atoms with Crippen LogP contribution in [-0.2, 0) is 19.2 Å². The van der Waals surface area contributed by atoms with Crippen LogP contribution in [0, 0.1) is 5.92 Å². The minimum Gasteiger partial charge on any atom is -0.481 e. The molecule has 3 N–H and O–H groups in total. The Hall–Kier alpha value is -3.75. The van der Waals surface area contributed by atoms with E-state index in [1.807, 2.05) is 30.3 Å². The first-order valence-corrected chi connectivity index (χ1v) is 12.4. The number of nitrogens with one attached hydrogen (secondary N) is 2. The Morgan fingerprint density at radius 3 is 2.69 bits per heavy atom. The SMILES string of the molecule is C=C(NC(C)C(=O)N1C(C(=O)NC(C=O)CC(=O)O)CC2CCCCC21)c1nccc2ccccc12. The number of carbonyl (C=O) groups excluding carboxylic acids is 3. The molecule has 0 spiro atoms. The van der Waals surface area contributed by atoms with E-state index in [0.717, 1.165) is 36.5 Å². The summed E-state index contributed by atoms with van der Waals surface area (Å²) in [6, 6.07) is 7.08. The van der Waals surface area contributed by atoms with Gasteiger partial charge in [0, 0.05) is 17.6 Å². The van der Waals surface area contributed by atoms with Crippen molar-refractivity contribution in [3.63, 3.8) is 0 Å². The van der Waals surface area contributed by atoms with Crippen molar-refractivity contribution in [2.75, 3.05) is 0 Å². The number of aldehydes is 1. The molecule has 1 aliphatic carbocycles. The molecule has 36 heavy (non-hydrogen) atoms. The highest BCUT2D eigenvalue weighted by molar-refractivity contribution is 5.94. The van der Waals surface area contributed by atoms with Crippen LogP contribution in [0.15, 0.2) is 43.1 Å². The summed E-state index contributed by atoms with van der Waals surface area (Å²) in [5.41, 5.74) is 1.16. The topological polar surface area (TPSA) is 129 Å². The maximum absolute atomic E-state index is 13.7. The Morgan fingerprint density at radius 1 is 1.19 bits per heavy atom. The monoisotopic (exact) mass is 492 g/mol. The Kier molecular flexibility index (Phi) is 7.67. The quantitative estimate of drug-likeness (QED) is 0.459. The molecule has 9 nitrogen and oxygen atoms in total. The largest absolute Gasteiger partial charge is 0.481 e. The molecule has 1 saturated heterocycles. The lowest BCUT2D eigenvalue weighted by Gasteiger charge is -2.35. The number of pyridine rings is 1. The van der Waals surface area contributed by atoms with Crippen molar-refractivity contribution in [3.05, 3.63) is 48.8 Å². The smallest absolute Gasteiger partial charge is 0.305 e. The molecular weight excluding hydrogens is 460 g/mol. The molecule has 5 atom stereocenters. The molecule has 2 aromatic rings. The Balaban J connectivity index is 1.53. The second-order valence-electron chi connectivity index (χ2n) is 9.68. The summed E-state index contributed by atoms with van der Waals surface area (Å²) < 4.78 is 0. The molecule has 4 rings (SSSR count). The molecule has 2 heterocycles. The summed E-state index contributed by atoms with van der Waals surface area (Å²) >= 11 is 0. The van der Waals surface area contributed by atoms with Crippen LogP contribution in [0.5, 0.6) is 0 Å². The molecule has 2 amide bonds. The third-order valence-electron chi connectivity index (χ3n) is 7.25. The number of amides is 2. The average Bonchev–Trinajstić information content (AvgIpc) is 3.26. The van der Waals surface area contributed by atoms with E-state index in [4.69, 9.17) is 5.11 Å². The van der Waals surface area contributed by atoms with Gasteiger partial charge >= 0.3 is 5.97 Å². The lowest BCUT2D eigenvalue weighted by atomic mass is 9.84. The number of hydrogen-bond donors (Lipinski definition) is 3. The minimum atomic E-state index is -1.18. The van der Waals surface area contributed by atoms with Gasteiger partial charge in [0.05, 0.1) is 23.9 Å². The molecule has 9 heteroatoms. The molecule has 1 aliphatic heterocycles. The lowest BCUT2D eigenvalue weighted by Crippen LogP contribution is -2.55. The Labute approximate surface area is 210 Å². The highest BCUT2D eigenvalue weighted by Crippen LogP contribution is 2.40. The zero-order chi connectivity index (χ0) is 25.8. The van der Waals surface area contributed by atoms with Crippen molar-refractivity contribution in [2.24, 2.45) is 5.92 Å². The molecular formula is C27H32N4O5. The third-order valence-corrected chi connectivity index (χ3v) is 7.25. The first-order chi connectivity index (χ1) is 17.3. The molecule has 2 fully saturated rings. The molecule has 1 saturated carbocycles. The van der Waals surface area contributed by atoms with Gasteiger partial charge in [-0.2, -0.15) is 0 Å². The fourth-order valence-corrected chi connectivity index (χ4v) is 5.59. The van der Waals surface area contributed by atoms with E-state index in [-0.39, 0.29) is 17.9 Å². The molecule has 1 aromatic carbocycles. The first-order valence-electron chi connectivity index (χ1n) is 12.4. The number of hydrogen-bond acceptors (Lipinski definition) is 6. The number of carbonyl (C=O) groups is 4. The summed E-state index contributed by atoms with van der Waals surface area (Å²) in [5.74, 6) is -1.70. The van der Waals surface area contributed by atoms with E-state index in [1.54, 1.807) is 18.0 Å². The standard InChI is InChI=1S/C27H32N4O5/c1-16(25-21-9-5-3-7-18(21)11-12-28-25)29-17(2)27(36)31-22-10-6-4-8-19(22)13-23(31)26(35)30-20(15-32)14-24(33)34/h3,5,7,9,11-12,15,17,19-20,22-23,29H,1,4,6,8,10,13-14H2,2H3,(H,30,35)(H,33,34). The molecule has 190 valence electrons. The Morgan fingerprint density at radius 2 is 1.94 bits per heavy atom. The number of benzene rings is 1. The maximum Gasteiger partial charge on any atom is 0.305 e. The van der Waals surface area contributed by atoms with Crippen molar-refractivity contribution in [3.8, 4) is 0 Å². The van der Waals surface area contributed by atoms with Crippen LogP contribution in [0.4, 0.5) is 0 Å². The molecule has 0 radical (unpaired) electrons.